The average Bonchev–Trinajstić information content (AvgIpc) is 2.74. The number of aryl methyl sites for hydroxylation is 2. The summed E-state index contributed by atoms with van der Waals surface area (Å²) in [4.78, 5) is 11.4. The van der Waals surface area contributed by atoms with Crippen molar-refractivity contribution in [1.29, 1.82) is 0 Å². The van der Waals surface area contributed by atoms with Crippen LogP contribution in [-0.2, 0) is 17.5 Å². The van der Waals surface area contributed by atoms with Crippen LogP contribution in [0.15, 0.2) is 33.8 Å². The van der Waals surface area contributed by atoms with E-state index in [-0.39, 0.29) is 5.97 Å². The van der Waals surface area contributed by atoms with Crippen molar-refractivity contribution in [1.82, 2.24) is 9.78 Å². The third-order valence-electron chi connectivity index (χ3n) is 2.81. The van der Waals surface area contributed by atoms with Crippen LogP contribution in [0, 0.1) is 6.92 Å². The Bertz CT molecular complexity index is 640. The van der Waals surface area contributed by atoms with E-state index in [1.165, 1.54) is 7.11 Å². The van der Waals surface area contributed by atoms with E-state index in [0.717, 1.165) is 26.5 Å². The number of methoxy groups -OCH3 is 1. The summed E-state index contributed by atoms with van der Waals surface area (Å²) in [6.45, 7) is 1.98. The van der Waals surface area contributed by atoms with Crippen molar-refractivity contribution in [3.8, 4) is 0 Å². The molecule has 0 bridgehead atoms. The fourth-order valence-corrected chi connectivity index (χ4v) is 3.52. The van der Waals surface area contributed by atoms with Crippen LogP contribution in [0.1, 0.15) is 21.6 Å². The van der Waals surface area contributed by atoms with Crippen LogP contribution in [0.25, 0.3) is 0 Å². The summed E-state index contributed by atoms with van der Waals surface area (Å²) in [7, 11) is 3.31. The molecule has 0 saturated carbocycles. The van der Waals surface area contributed by atoms with Crippen LogP contribution in [0.3, 0.4) is 0 Å². The van der Waals surface area contributed by atoms with Crippen molar-refractivity contribution >= 4 is 33.7 Å². The molecule has 0 radical (unpaired) electrons. The molecule has 0 fully saturated rings. The molecule has 0 N–H and O–H groups in total. The van der Waals surface area contributed by atoms with Gasteiger partial charge < -0.3 is 4.74 Å². The van der Waals surface area contributed by atoms with Gasteiger partial charge in [-0.3, -0.25) is 4.68 Å². The number of halogens is 1. The molecule has 2 rings (SSSR count). The number of hydrogen-bond donors (Lipinski definition) is 0. The number of nitrogens with zero attached hydrogens (tertiary/aromatic N) is 2. The summed E-state index contributed by atoms with van der Waals surface area (Å²) in [5.41, 5.74) is 2.68. The Morgan fingerprint density at radius 3 is 2.75 bits per heavy atom. The molecule has 0 aliphatic carbocycles. The number of thioether (sulfide) groups is 1. The highest BCUT2D eigenvalue weighted by molar-refractivity contribution is 9.10. The van der Waals surface area contributed by atoms with E-state index in [1.54, 1.807) is 23.9 Å². The lowest BCUT2D eigenvalue weighted by molar-refractivity contribution is 0.0600. The lowest BCUT2D eigenvalue weighted by Crippen LogP contribution is -2.01. The maximum Gasteiger partial charge on any atom is 0.337 e. The lowest BCUT2D eigenvalue weighted by atomic mass is 10.1. The molecule has 0 unspecified atom stereocenters. The minimum Gasteiger partial charge on any atom is -0.465 e. The van der Waals surface area contributed by atoms with Gasteiger partial charge >= 0.3 is 5.97 Å². The minimum absolute atomic E-state index is 0.327. The third-order valence-corrected chi connectivity index (χ3v) is 4.68. The van der Waals surface area contributed by atoms with Crippen molar-refractivity contribution in [2.45, 2.75) is 17.7 Å². The van der Waals surface area contributed by atoms with E-state index >= 15 is 0 Å². The van der Waals surface area contributed by atoms with Gasteiger partial charge in [-0.05, 0) is 30.7 Å². The normalized spacial score (nSPS) is 10.6. The molecule has 0 saturated heterocycles. The number of ether oxygens (including phenoxy) is 1. The summed E-state index contributed by atoms with van der Waals surface area (Å²) in [6, 6.07) is 7.56. The molecule has 20 heavy (non-hydrogen) atoms. The van der Waals surface area contributed by atoms with E-state index in [0.29, 0.717) is 5.56 Å². The highest BCUT2D eigenvalue weighted by Crippen LogP contribution is 2.28. The van der Waals surface area contributed by atoms with Crippen molar-refractivity contribution in [3.63, 3.8) is 0 Å². The van der Waals surface area contributed by atoms with Gasteiger partial charge in [0.25, 0.3) is 0 Å². The standard InChI is InChI=1S/C14H15BrN2O2S/c1-9-6-13(17(2)16-9)20-8-11-5-4-10(7-12(11)15)14(18)19-3/h4-7H,8H2,1-3H3. The fourth-order valence-electron chi connectivity index (χ4n) is 1.78. The van der Waals surface area contributed by atoms with Crippen LogP contribution in [0.2, 0.25) is 0 Å². The molecule has 1 heterocycles. The Morgan fingerprint density at radius 2 is 2.20 bits per heavy atom. The van der Waals surface area contributed by atoms with E-state index in [2.05, 4.69) is 27.1 Å². The Kier molecular flexibility index (Phi) is 4.88. The average molecular weight is 355 g/mol. The number of hydrogen-bond acceptors (Lipinski definition) is 4. The Hall–Kier alpha value is -1.27. The Morgan fingerprint density at radius 1 is 1.45 bits per heavy atom. The molecule has 6 heteroatoms. The van der Waals surface area contributed by atoms with Gasteiger partial charge in [0.1, 0.15) is 0 Å². The first-order chi connectivity index (χ1) is 9.51. The summed E-state index contributed by atoms with van der Waals surface area (Å²) in [6.07, 6.45) is 0. The maximum absolute atomic E-state index is 11.4. The van der Waals surface area contributed by atoms with Gasteiger partial charge in [0.15, 0.2) is 0 Å². The zero-order valence-corrected chi connectivity index (χ0v) is 13.9. The SMILES string of the molecule is COC(=O)c1ccc(CSc2cc(C)nn2C)c(Br)c1. The number of rotatable bonds is 4. The molecule has 4 nitrogen and oxygen atoms in total. The second-order valence-electron chi connectivity index (χ2n) is 4.33. The summed E-state index contributed by atoms with van der Waals surface area (Å²) in [5.74, 6) is 0.480. The first kappa shape index (κ1) is 15.1. The summed E-state index contributed by atoms with van der Waals surface area (Å²) >= 11 is 5.21. The van der Waals surface area contributed by atoms with Gasteiger partial charge in [0.05, 0.1) is 23.4 Å². The topological polar surface area (TPSA) is 44.1 Å². The van der Waals surface area contributed by atoms with Crippen molar-refractivity contribution < 1.29 is 9.53 Å². The van der Waals surface area contributed by atoms with Gasteiger partial charge in [-0.1, -0.05) is 22.0 Å². The molecular formula is C14H15BrN2O2S. The van der Waals surface area contributed by atoms with Gasteiger partial charge in [-0.15, -0.1) is 11.8 Å². The highest BCUT2D eigenvalue weighted by Gasteiger charge is 2.10. The zero-order chi connectivity index (χ0) is 14.7. The van der Waals surface area contributed by atoms with E-state index in [4.69, 9.17) is 4.74 Å². The van der Waals surface area contributed by atoms with Crippen LogP contribution < -0.4 is 0 Å². The number of aromatic nitrogens is 2. The van der Waals surface area contributed by atoms with Crippen LogP contribution >= 0.6 is 27.7 Å². The molecule has 0 atom stereocenters. The molecule has 1 aromatic carbocycles. The van der Waals surface area contributed by atoms with E-state index in [9.17, 15) is 4.79 Å². The van der Waals surface area contributed by atoms with Gasteiger partial charge in [-0.25, -0.2) is 4.79 Å². The van der Waals surface area contributed by atoms with Crippen LogP contribution in [0.4, 0.5) is 0 Å². The molecular weight excluding hydrogens is 340 g/mol. The van der Waals surface area contributed by atoms with Crippen molar-refractivity contribution in [3.05, 3.63) is 45.6 Å². The molecule has 0 spiro atoms. The first-order valence-electron chi connectivity index (χ1n) is 6.01. The van der Waals surface area contributed by atoms with E-state index < -0.39 is 0 Å². The Labute approximate surface area is 130 Å². The predicted octanol–water partition coefficient (Wildman–Crippen LogP) is 3.57. The highest BCUT2D eigenvalue weighted by atomic mass is 79.9. The van der Waals surface area contributed by atoms with Gasteiger partial charge in [-0.2, -0.15) is 5.10 Å². The fraction of sp³-hybridized carbons (Fsp3) is 0.286. The lowest BCUT2D eigenvalue weighted by Gasteiger charge is -2.06. The summed E-state index contributed by atoms with van der Waals surface area (Å²) in [5, 5.41) is 5.43. The smallest absolute Gasteiger partial charge is 0.337 e. The largest absolute Gasteiger partial charge is 0.465 e. The monoisotopic (exact) mass is 354 g/mol. The number of esters is 1. The third kappa shape index (κ3) is 3.43. The molecule has 0 amide bonds. The first-order valence-corrected chi connectivity index (χ1v) is 7.79. The van der Waals surface area contributed by atoms with Crippen molar-refractivity contribution in [2.24, 2.45) is 7.05 Å². The minimum atomic E-state index is -0.327. The Balaban J connectivity index is 2.10. The van der Waals surface area contributed by atoms with E-state index in [1.807, 2.05) is 24.7 Å². The van der Waals surface area contributed by atoms with Gasteiger partial charge in [0.2, 0.25) is 0 Å². The molecule has 0 aliphatic heterocycles. The molecule has 0 aliphatic rings. The molecule has 2 aromatic rings. The predicted molar refractivity (Wildman–Crippen MR) is 83.0 cm³/mol. The van der Waals surface area contributed by atoms with Crippen LogP contribution in [0.5, 0.6) is 0 Å². The maximum atomic E-state index is 11.4. The van der Waals surface area contributed by atoms with Gasteiger partial charge in [0, 0.05) is 17.3 Å². The quantitative estimate of drug-likeness (QED) is 0.621. The van der Waals surface area contributed by atoms with Crippen molar-refractivity contribution in [2.75, 3.05) is 7.11 Å². The zero-order valence-electron chi connectivity index (χ0n) is 11.5. The number of carbonyl (C=O) groups excluding carboxylic acids is 1. The van der Waals surface area contributed by atoms with Crippen LogP contribution in [-0.4, -0.2) is 22.9 Å². The second-order valence-corrected chi connectivity index (χ2v) is 6.18. The molecule has 1 aromatic heterocycles. The number of carbonyl (C=O) groups is 1. The number of benzene rings is 1. The molecule has 106 valence electrons. The summed E-state index contributed by atoms with van der Waals surface area (Å²) < 4.78 is 7.48. The second kappa shape index (κ2) is 6.45.